The van der Waals surface area contributed by atoms with Crippen molar-refractivity contribution in [1.82, 2.24) is 5.16 Å². The molecule has 7 heteroatoms. The van der Waals surface area contributed by atoms with Gasteiger partial charge in [0.1, 0.15) is 5.76 Å². The highest BCUT2D eigenvalue weighted by atomic mass is 16.5. The number of aryl methyl sites for hydroxylation is 1. The van der Waals surface area contributed by atoms with Crippen molar-refractivity contribution in [3.63, 3.8) is 0 Å². The highest BCUT2D eigenvalue weighted by molar-refractivity contribution is 6.07. The molecule has 0 aliphatic carbocycles. The quantitative estimate of drug-likeness (QED) is 0.753. The Bertz CT molecular complexity index is 1000. The van der Waals surface area contributed by atoms with Crippen LogP contribution in [0.25, 0.3) is 0 Å². The van der Waals surface area contributed by atoms with Crippen LogP contribution in [-0.4, -0.2) is 17.0 Å². The number of benzene rings is 2. The van der Waals surface area contributed by atoms with Crippen LogP contribution in [0, 0.1) is 18.3 Å². The summed E-state index contributed by atoms with van der Waals surface area (Å²) >= 11 is 0. The van der Waals surface area contributed by atoms with Crippen LogP contribution in [0.3, 0.4) is 0 Å². The van der Waals surface area contributed by atoms with E-state index in [0.29, 0.717) is 34.0 Å². The molecule has 0 saturated carbocycles. The zero-order valence-electron chi connectivity index (χ0n) is 13.8. The molecule has 0 unspecified atom stereocenters. The Morgan fingerprint density at radius 1 is 1.00 bits per heavy atom. The third-order valence-electron chi connectivity index (χ3n) is 3.53. The summed E-state index contributed by atoms with van der Waals surface area (Å²) in [5.41, 5.74) is 1.75. The third kappa shape index (κ3) is 3.94. The zero-order chi connectivity index (χ0) is 18.5. The summed E-state index contributed by atoms with van der Waals surface area (Å²) in [6, 6.07) is 16.4. The highest BCUT2D eigenvalue weighted by Gasteiger charge is 2.11. The van der Waals surface area contributed by atoms with Gasteiger partial charge in [0.25, 0.3) is 11.8 Å². The molecule has 0 atom stereocenters. The average molecular weight is 346 g/mol. The molecule has 0 radical (unpaired) electrons. The molecule has 0 bridgehead atoms. The first-order chi connectivity index (χ1) is 12.5. The van der Waals surface area contributed by atoms with Gasteiger partial charge in [-0.25, -0.2) is 0 Å². The van der Waals surface area contributed by atoms with E-state index in [1.54, 1.807) is 61.5 Å². The molecule has 2 amide bonds. The molecule has 128 valence electrons. The van der Waals surface area contributed by atoms with Gasteiger partial charge in [0.2, 0.25) is 0 Å². The van der Waals surface area contributed by atoms with Crippen molar-refractivity contribution in [2.75, 3.05) is 10.6 Å². The summed E-state index contributed by atoms with van der Waals surface area (Å²) in [4.78, 5) is 24.4. The minimum Gasteiger partial charge on any atom is -0.360 e. The maximum absolute atomic E-state index is 12.3. The Balaban J connectivity index is 1.67. The number of nitrogens with zero attached hydrogens (tertiary/aromatic N) is 2. The summed E-state index contributed by atoms with van der Waals surface area (Å²) in [5.74, 6) is 0.227. The second-order valence-corrected chi connectivity index (χ2v) is 5.50. The van der Waals surface area contributed by atoms with E-state index in [9.17, 15) is 9.59 Å². The molecule has 3 rings (SSSR count). The van der Waals surface area contributed by atoms with Crippen molar-refractivity contribution in [1.29, 1.82) is 5.26 Å². The van der Waals surface area contributed by atoms with E-state index >= 15 is 0 Å². The molecule has 2 aromatic carbocycles. The molecular weight excluding hydrogens is 332 g/mol. The standard InChI is InChI=1S/C19H14N4O3/c1-12-9-17(23-26-12)22-19(25)15-7-5-14(6-8-15)18(24)21-16-4-2-3-13(10-16)11-20/h2-10H,1H3,(H,21,24)(H,22,23,25). The second kappa shape index (κ2) is 7.32. The Labute approximate surface area is 149 Å². The van der Waals surface area contributed by atoms with Crippen LogP contribution < -0.4 is 10.6 Å². The van der Waals surface area contributed by atoms with Gasteiger partial charge in [-0.15, -0.1) is 0 Å². The fourth-order valence-electron chi connectivity index (χ4n) is 2.26. The number of nitrogens with one attached hydrogen (secondary N) is 2. The van der Waals surface area contributed by atoms with E-state index in [4.69, 9.17) is 9.78 Å². The van der Waals surface area contributed by atoms with Crippen molar-refractivity contribution in [2.45, 2.75) is 6.92 Å². The normalized spacial score (nSPS) is 10.0. The fraction of sp³-hybridized carbons (Fsp3) is 0.0526. The smallest absolute Gasteiger partial charge is 0.256 e. The summed E-state index contributed by atoms with van der Waals surface area (Å²) in [6.45, 7) is 1.72. The summed E-state index contributed by atoms with van der Waals surface area (Å²) in [7, 11) is 0. The van der Waals surface area contributed by atoms with E-state index in [-0.39, 0.29) is 11.8 Å². The van der Waals surface area contributed by atoms with Gasteiger partial charge in [-0.2, -0.15) is 5.26 Å². The van der Waals surface area contributed by atoms with Crippen LogP contribution >= 0.6 is 0 Å². The largest absolute Gasteiger partial charge is 0.360 e. The van der Waals surface area contributed by atoms with Gasteiger partial charge in [-0.05, 0) is 49.4 Å². The number of carbonyl (C=O) groups is 2. The fourth-order valence-corrected chi connectivity index (χ4v) is 2.26. The zero-order valence-corrected chi connectivity index (χ0v) is 13.8. The van der Waals surface area contributed by atoms with Crippen molar-refractivity contribution in [3.05, 3.63) is 77.0 Å². The van der Waals surface area contributed by atoms with Gasteiger partial charge >= 0.3 is 0 Å². The van der Waals surface area contributed by atoms with Gasteiger partial charge in [0, 0.05) is 22.9 Å². The predicted octanol–water partition coefficient (Wildman–Crippen LogP) is 3.36. The van der Waals surface area contributed by atoms with E-state index in [1.165, 1.54) is 0 Å². The van der Waals surface area contributed by atoms with Crippen molar-refractivity contribution in [3.8, 4) is 6.07 Å². The van der Waals surface area contributed by atoms with E-state index in [0.717, 1.165) is 0 Å². The molecular formula is C19H14N4O3. The van der Waals surface area contributed by atoms with E-state index in [2.05, 4.69) is 15.8 Å². The Morgan fingerprint density at radius 2 is 1.65 bits per heavy atom. The molecule has 0 aliphatic rings. The summed E-state index contributed by atoms with van der Waals surface area (Å²) in [6.07, 6.45) is 0. The molecule has 0 spiro atoms. The molecule has 2 N–H and O–H groups in total. The highest BCUT2D eigenvalue weighted by Crippen LogP contribution is 2.14. The van der Waals surface area contributed by atoms with Crippen LogP contribution in [0.1, 0.15) is 32.0 Å². The molecule has 1 aromatic heterocycles. The van der Waals surface area contributed by atoms with Gasteiger partial charge < -0.3 is 15.2 Å². The first-order valence-electron chi connectivity index (χ1n) is 7.71. The molecule has 7 nitrogen and oxygen atoms in total. The second-order valence-electron chi connectivity index (χ2n) is 5.50. The Kier molecular flexibility index (Phi) is 4.76. The Hall–Kier alpha value is -3.92. The minimum atomic E-state index is -0.355. The molecule has 0 saturated heterocycles. The number of nitriles is 1. The number of amides is 2. The average Bonchev–Trinajstić information content (AvgIpc) is 3.06. The maximum atomic E-state index is 12.3. The maximum Gasteiger partial charge on any atom is 0.256 e. The number of rotatable bonds is 4. The van der Waals surface area contributed by atoms with E-state index in [1.807, 2.05) is 6.07 Å². The van der Waals surface area contributed by atoms with Gasteiger partial charge in [0.05, 0.1) is 11.6 Å². The topological polar surface area (TPSA) is 108 Å². The van der Waals surface area contributed by atoms with Gasteiger partial charge in [-0.1, -0.05) is 11.2 Å². The van der Waals surface area contributed by atoms with E-state index < -0.39 is 0 Å². The first-order valence-corrected chi connectivity index (χ1v) is 7.71. The number of aromatic nitrogens is 1. The van der Waals surface area contributed by atoms with Crippen molar-refractivity contribution >= 4 is 23.3 Å². The number of hydrogen-bond donors (Lipinski definition) is 2. The molecule has 0 fully saturated rings. The van der Waals surface area contributed by atoms with Crippen LogP contribution in [0.15, 0.2) is 59.1 Å². The lowest BCUT2D eigenvalue weighted by Crippen LogP contribution is -2.14. The monoisotopic (exact) mass is 346 g/mol. The predicted molar refractivity (Wildman–Crippen MR) is 94.7 cm³/mol. The number of anilines is 2. The van der Waals surface area contributed by atoms with Gasteiger partial charge in [-0.3, -0.25) is 9.59 Å². The minimum absolute atomic E-state index is 0.326. The lowest BCUT2D eigenvalue weighted by Gasteiger charge is -2.06. The number of carbonyl (C=O) groups excluding carboxylic acids is 2. The SMILES string of the molecule is Cc1cc(NC(=O)c2ccc(C(=O)Nc3cccc(C#N)c3)cc2)no1. The summed E-state index contributed by atoms with van der Waals surface area (Å²) in [5, 5.41) is 17.9. The number of hydrogen-bond acceptors (Lipinski definition) is 5. The lowest BCUT2D eigenvalue weighted by atomic mass is 10.1. The van der Waals surface area contributed by atoms with Crippen molar-refractivity contribution < 1.29 is 14.1 Å². The van der Waals surface area contributed by atoms with Crippen LogP contribution in [-0.2, 0) is 0 Å². The van der Waals surface area contributed by atoms with Crippen LogP contribution in [0.4, 0.5) is 11.5 Å². The third-order valence-corrected chi connectivity index (χ3v) is 3.53. The lowest BCUT2D eigenvalue weighted by molar-refractivity contribution is 0.101. The molecule has 26 heavy (non-hydrogen) atoms. The van der Waals surface area contributed by atoms with Crippen LogP contribution in [0.2, 0.25) is 0 Å². The molecule has 3 aromatic rings. The Morgan fingerprint density at radius 3 is 2.23 bits per heavy atom. The molecule has 0 aliphatic heterocycles. The first kappa shape index (κ1) is 16.9. The van der Waals surface area contributed by atoms with Crippen molar-refractivity contribution in [2.24, 2.45) is 0 Å². The molecule has 1 heterocycles. The van der Waals surface area contributed by atoms with Gasteiger partial charge in [0.15, 0.2) is 5.82 Å². The van der Waals surface area contributed by atoms with Crippen LogP contribution in [0.5, 0.6) is 0 Å². The summed E-state index contributed by atoms with van der Waals surface area (Å²) < 4.78 is 4.89.